The Labute approximate surface area is 192 Å². The number of piperidine rings is 1. The predicted molar refractivity (Wildman–Crippen MR) is 130 cm³/mol. The summed E-state index contributed by atoms with van der Waals surface area (Å²) in [6.45, 7) is 6.07. The highest BCUT2D eigenvalue weighted by Crippen LogP contribution is 2.24. The molecule has 168 valence electrons. The molecule has 2 N–H and O–H groups in total. The van der Waals surface area contributed by atoms with E-state index in [0.717, 1.165) is 47.4 Å². The number of nitrogens with two attached hydrogens (primary N) is 1. The predicted octanol–water partition coefficient (Wildman–Crippen LogP) is 2.45. The van der Waals surface area contributed by atoms with Crippen LogP contribution < -0.4 is 16.2 Å². The van der Waals surface area contributed by atoms with E-state index in [9.17, 15) is 4.79 Å². The van der Waals surface area contributed by atoms with E-state index in [1.54, 1.807) is 13.1 Å². The van der Waals surface area contributed by atoms with Gasteiger partial charge in [-0.1, -0.05) is 30.2 Å². The highest BCUT2D eigenvalue weighted by molar-refractivity contribution is 5.87. The van der Waals surface area contributed by atoms with Gasteiger partial charge in [0.15, 0.2) is 0 Å². The molecule has 1 aliphatic rings. The third-order valence-corrected chi connectivity index (χ3v) is 6.26. The van der Waals surface area contributed by atoms with Crippen molar-refractivity contribution in [2.45, 2.75) is 45.8 Å². The van der Waals surface area contributed by atoms with Gasteiger partial charge in [-0.3, -0.25) is 14.3 Å². The maximum absolute atomic E-state index is 13.6. The second-order valence-electron chi connectivity index (χ2n) is 8.55. The summed E-state index contributed by atoms with van der Waals surface area (Å²) in [6, 6.07) is 8.20. The van der Waals surface area contributed by atoms with Crippen molar-refractivity contribution in [2.24, 2.45) is 5.73 Å². The van der Waals surface area contributed by atoms with E-state index in [1.165, 1.54) is 4.68 Å². The Morgan fingerprint density at radius 2 is 2.03 bits per heavy atom. The minimum absolute atomic E-state index is 0.0972. The van der Waals surface area contributed by atoms with E-state index in [-0.39, 0.29) is 18.1 Å². The molecule has 1 aromatic carbocycles. The lowest BCUT2D eigenvalue weighted by atomic mass is 10.1. The Hall–Kier alpha value is -3.70. The molecule has 0 radical (unpaired) electrons. The summed E-state index contributed by atoms with van der Waals surface area (Å²) in [5, 5.41) is 6.59. The normalized spacial score (nSPS) is 16.2. The van der Waals surface area contributed by atoms with Gasteiger partial charge < -0.3 is 10.6 Å². The SMILES string of the molecule is CC#CCn1c(N2CCCC(N)C2)nc2cnn(Cc3ncc(C)c4ccccc34)c(=O)c21. The number of imidazole rings is 1. The lowest BCUT2D eigenvalue weighted by molar-refractivity contribution is 0.496. The Kier molecular flexibility index (Phi) is 5.56. The van der Waals surface area contributed by atoms with E-state index in [0.29, 0.717) is 24.1 Å². The van der Waals surface area contributed by atoms with Crippen molar-refractivity contribution < 1.29 is 0 Å². The molecule has 0 saturated carbocycles. The van der Waals surface area contributed by atoms with Crippen LogP contribution in [0.25, 0.3) is 21.8 Å². The molecule has 0 amide bonds. The average molecular weight is 442 g/mol. The molecular formula is C25H27N7O. The van der Waals surface area contributed by atoms with Crippen molar-refractivity contribution in [1.29, 1.82) is 0 Å². The minimum atomic E-state index is -0.197. The third-order valence-electron chi connectivity index (χ3n) is 6.26. The second kappa shape index (κ2) is 8.68. The van der Waals surface area contributed by atoms with Gasteiger partial charge in [-0.15, -0.1) is 5.92 Å². The summed E-state index contributed by atoms with van der Waals surface area (Å²) in [5.41, 5.74) is 9.01. The van der Waals surface area contributed by atoms with E-state index in [2.05, 4.69) is 32.9 Å². The molecule has 4 heterocycles. The van der Waals surface area contributed by atoms with Crippen LogP contribution in [0.15, 0.2) is 41.5 Å². The number of aryl methyl sites for hydroxylation is 1. The van der Waals surface area contributed by atoms with Crippen molar-refractivity contribution in [3.63, 3.8) is 0 Å². The summed E-state index contributed by atoms with van der Waals surface area (Å²) in [5.74, 6) is 6.76. The van der Waals surface area contributed by atoms with Crippen LogP contribution in [0, 0.1) is 18.8 Å². The van der Waals surface area contributed by atoms with Crippen molar-refractivity contribution in [1.82, 2.24) is 24.3 Å². The molecule has 0 spiro atoms. The standard InChI is InChI=1S/C25H27N7O/c1-3-4-12-31-23-21(29-25(31)30-11-7-8-18(26)15-30)14-28-32(24(23)33)16-22-20-10-6-5-9-19(20)17(2)13-27-22/h5-6,9-10,13-14,18H,7-8,11-12,15-16,26H2,1-2H3. The molecule has 1 unspecified atom stereocenters. The van der Waals surface area contributed by atoms with Gasteiger partial charge in [-0.2, -0.15) is 5.10 Å². The molecule has 1 atom stereocenters. The number of benzene rings is 1. The molecule has 1 saturated heterocycles. The van der Waals surface area contributed by atoms with Crippen LogP contribution in [0.4, 0.5) is 5.95 Å². The smallest absolute Gasteiger partial charge is 0.293 e. The van der Waals surface area contributed by atoms with Gasteiger partial charge in [0.1, 0.15) is 11.0 Å². The Morgan fingerprint density at radius 1 is 1.21 bits per heavy atom. The fourth-order valence-corrected chi connectivity index (χ4v) is 4.59. The molecule has 1 aliphatic heterocycles. The van der Waals surface area contributed by atoms with E-state index in [4.69, 9.17) is 10.7 Å². The first-order valence-corrected chi connectivity index (χ1v) is 11.3. The first kappa shape index (κ1) is 21.2. The maximum Gasteiger partial charge on any atom is 0.293 e. The topological polar surface area (TPSA) is 94.9 Å². The first-order chi connectivity index (χ1) is 16.1. The Bertz CT molecular complexity index is 1460. The highest BCUT2D eigenvalue weighted by atomic mass is 16.1. The number of nitrogens with zero attached hydrogens (tertiary/aromatic N) is 6. The zero-order chi connectivity index (χ0) is 22.9. The molecule has 4 aromatic rings. The Morgan fingerprint density at radius 3 is 2.82 bits per heavy atom. The van der Waals surface area contributed by atoms with Gasteiger partial charge in [0.2, 0.25) is 5.95 Å². The summed E-state index contributed by atoms with van der Waals surface area (Å²) in [7, 11) is 0. The van der Waals surface area contributed by atoms with Gasteiger partial charge in [0.25, 0.3) is 5.56 Å². The van der Waals surface area contributed by atoms with Gasteiger partial charge in [-0.25, -0.2) is 9.67 Å². The van der Waals surface area contributed by atoms with Crippen LogP contribution in [0.5, 0.6) is 0 Å². The van der Waals surface area contributed by atoms with E-state index in [1.807, 2.05) is 35.9 Å². The van der Waals surface area contributed by atoms with Crippen molar-refractivity contribution >= 4 is 27.8 Å². The molecule has 1 fully saturated rings. The van der Waals surface area contributed by atoms with E-state index < -0.39 is 0 Å². The molecule has 5 rings (SSSR count). The number of fused-ring (bicyclic) bond motifs is 2. The molecular weight excluding hydrogens is 414 g/mol. The quantitative estimate of drug-likeness (QED) is 0.489. The maximum atomic E-state index is 13.6. The van der Waals surface area contributed by atoms with Crippen LogP contribution in [-0.2, 0) is 13.1 Å². The van der Waals surface area contributed by atoms with Gasteiger partial charge in [0, 0.05) is 30.7 Å². The van der Waals surface area contributed by atoms with Crippen LogP contribution in [0.3, 0.4) is 0 Å². The summed E-state index contributed by atoms with van der Waals surface area (Å²) in [4.78, 5) is 25.1. The molecule has 3 aromatic heterocycles. The van der Waals surface area contributed by atoms with Crippen molar-refractivity contribution in [3.05, 3.63) is 58.3 Å². The molecule has 0 aliphatic carbocycles. The van der Waals surface area contributed by atoms with Crippen LogP contribution in [0.1, 0.15) is 31.0 Å². The number of pyridine rings is 1. The van der Waals surface area contributed by atoms with Gasteiger partial charge in [0.05, 0.1) is 25.0 Å². The Balaban J connectivity index is 1.62. The minimum Gasteiger partial charge on any atom is -0.341 e. The second-order valence-corrected chi connectivity index (χ2v) is 8.55. The summed E-state index contributed by atoms with van der Waals surface area (Å²) < 4.78 is 3.38. The number of rotatable bonds is 4. The lowest BCUT2D eigenvalue weighted by Gasteiger charge is -2.31. The average Bonchev–Trinajstić information content (AvgIpc) is 3.20. The summed E-state index contributed by atoms with van der Waals surface area (Å²) in [6.07, 6.45) is 5.51. The number of hydrogen-bond acceptors (Lipinski definition) is 6. The summed E-state index contributed by atoms with van der Waals surface area (Å²) >= 11 is 0. The third kappa shape index (κ3) is 3.85. The molecule has 33 heavy (non-hydrogen) atoms. The van der Waals surface area contributed by atoms with Gasteiger partial charge in [-0.05, 0) is 37.6 Å². The number of anilines is 1. The lowest BCUT2D eigenvalue weighted by Crippen LogP contribution is -2.44. The van der Waals surface area contributed by atoms with Crippen molar-refractivity contribution in [2.75, 3.05) is 18.0 Å². The van der Waals surface area contributed by atoms with Gasteiger partial charge >= 0.3 is 0 Å². The largest absolute Gasteiger partial charge is 0.341 e. The first-order valence-electron chi connectivity index (χ1n) is 11.3. The zero-order valence-electron chi connectivity index (χ0n) is 19.0. The van der Waals surface area contributed by atoms with E-state index >= 15 is 0 Å². The van der Waals surface area contributed by atoms with Crippen LogP contribution in [0.2, 0.25) is 0 Å². The fourth-order valence-electron chi connectivity index (χ4n) is 4.59. The number of aromatic nitrogens is 5. The molecule has 0 bridgehead atoms. The number of hydrogen-bond donors (Lipinski definition) is 1. The van der Waals surface area contributed by atoms with Crippen molar-refractivity contribution in [3.8, 4) is 11.8 Å². The zero-order valence-corrected chi connectivity index (χ0v) is 19.0. The van der Waals surface area contributed by atoms with Crippen LogP contribution >= 0.6 is 0 Å². The fraction of sp³-hybridized carbons (Fsp3) is 0.360. The monoisotopic (exact) mass is 441 g/mol. The molecule has 8 nitrogen and oxygen atoms in total. The van der Waals surface area contributed by atoms with Crippen LogP contribution in [-0.4, -0.2) is 43.4 Å². The molecule has 8 heteroatoms. The highest BCUT2D eigenvalue weighted by Gasteiger charge is 2.24.